The summed E-state index contributed by atoms with van der Waals surface area (Å²) in [4.78, 5) is 11.3. The molecule has 17 heavy (non-hydrogen) atoms. The van der Waals surface area contributed by atoms with Crippen molar-refractivity contribution in [3.05, 3.63) is 29.8 Å². The Morgan fingerprint density at radius 2 is 2.06 bits per heavy atom. The molecule has 0 radical (unpaired) electrons. The first-order valence-electron chi connectivity index (χ1n) is 4.56. The van der Waals surface area contributed by atoms with Crippen molar-refractivity contribution in [2.45, 2.75) is 5.09 Å². The van der Waals surface area contributed by atoms with Gasteiger partial charge in [0.05, 0.1) is 12.7 Å². The molecule has 0 atom stereocenters. The van der Waals surface area contributed by atoms with Crippen molar-refractivity contribution < 1.29 is 22.4 Å². The number of nitrogens with two attached hydrogens (primary N) is 1. The van der Waals surface area contributed by atoms with Gasteiger partial charge in [-0.15, -0.1) is 0 Å². The van der Waals surface area contributed by atoms with Gasteiger partial charge < -0.3 is 9.15 Å². The van der Waals surface area contributed by atoms with Gasteiger partial charge in [-0.2, -0.15) is 0 Å². The van der Waals surface area contributed by atoms with Gasteiger partial charge in [0.1, 0.15) is 5.58 Å². The van der Waals surface area contributed by atoms with Gasteiger partial charge in [0.15, 0.2) is 0 Å². The number of primary sulfonamides is 1. The number of methoxy groups -OCH3 is 1. The Balaban J connectivity index is 2.60. The number of esters is 1. The third-order valence-electron chi connectivity index (χ3n) is 2.20. The van der Waals surface area contributed by atoms with Crippen LogP contribution in [0.3, 0.4) is 0 Å². The van der Waals surface area contributed by atoms with Gasteiger partial charge in [0.2, 0.25) is 5.09 Å². The van der Waals surface area contributed by atoms with Crippen LogP contribution in [0.2, 0.25) is 0 Å². The van der Waals surface area contributed by atoms with Gasteiger partial charge in [-0.25, -0.2) is 18.4 Å². The topological polar surface area (TPSA) is 99.6 Å². The molecule has 0 aliphatic carbocycles. The molecule has 90 valence electrons. The van der Waals surface area contributed by atoms with Gasteiger partial charge in [-0.3, -0.25) is 0 Å². The maximum Gasteiger partial charge on any atom is 0.337 e. The number of sulfonamides is 1. The zero-order valence-corrected chi connectivity index (χ0v) is 9.65. The summed E-state index contributed by atoms with van der Waals surface area (Å²) >= 11 is 0. The summed E-state index contributed by atoms with van der Waals surface area (Å²) in [5.41, 5.74) is 0.642. The summed E-state index contributed by atoms with van der Waals surface area (Å²) in [5, 5.41) is 5.06. The quantitative estimate of drug-likeness (QED) is 0.802. The Morgan fingerprint density at radius 1 is 1.35 bits per heavy atom. The molecular weight excluding hydrogens is 246 g/mol. The summed E-state index contributed by atoms with van der Waals surface area (Å²) in [7, 11) is -2.62. The van der Waals surface area contributed by atoms with E-state index in [0.717, 1.165) is 0 Å². The van der Waals surface area contributed by atoms with E-state index >= 15 is 0 Å². The van der Waals surface area contributed by atoms with Crippen molar-refractivity contribution in [3.8, 4) is 0 Å². The number of benzene rings is 1. The highest BCUT2D eigenvalue weighted by Crippen LogP contribution is 2.23. The minimum absolute atomic E-state index is 0.307. The van der Waals surface area contributed by atoms with Gasteiger partial charge in [0, 0.05) is 11.5 Å². The Kier molecular flexibility index (Phi) is 2.64. The van der Waals surface area contributed by atoms with Crippen molar-refractivity contribution in [1.29, 1.82) is 0 Å². The Bertz CT molecular complexity index is 686. The number of hydrogen-bond donors (Lipinski definition) is 1. The summed E-state index contributed by atoms with van der Waals surface area (Å²) in [6, 6.07) is 5.69. The van der Waals surface area contributed by atoms with Gasteiger partial charge >= 0.3 is 5.97 Å². The van der Waals surface area contributed by atoms with Crippen molar-refractivity contribution >= 4 is 27.0 Å². The van der Waals surface area contributed by atoms with E-state index in [2.05, 4.69) is 4.74 Å². The average Bonchev–Trinajstić information content (AvgIpc) is 2.70. The lowest BCUT2D eigenvalue weighted by molar-refractivity contribution is 0.0601. The molecule has 0 saturated heterocycles. The van der Waals surface area contributed by atoms with Crippen LogP contribution in [0.4, 0.5) is 0 Å². The van der Waals surface area contributed by atoms with Crippen LogP contribution in [0, 0.1) is 0 Å². The smallest absolute Gasteiger partial charge is 0.337 e. The van der Waals surface area contributed by atoms with E-state index in [1.807, 2.05) is 0 Å². The van der Waals surface area contributed by atoms with Crippen molar-refractivity contribution in [1.82, 2.24) is 0 Å². The van der Waals surface area contributed by atoms with Crippen LogP contribution in [-0.2, 0) is 14.8 Å². The zero-order chi connectivity index (χ0) is 12.6. The second-order valence-corrected chi connectivity index (χ2v) is 4.85. The van der Waals surface area contributed by atoms with Crippen LogP contribution in [0.1, 0.15) is 10.4 Å². The molecule has 2 rings (SSSR count). The highest BCUT2D eigenvalue weighted by Gasteiger charge is 2.15. The largest absolute Gasteiger partial charge is 0.465 e. The lowest BCUT2D eigenvalue weighted by Gasteiger charge is -1.97. The first kappa shape index (κ1) is 11.6. The molecule has 0 bridgehead atoms. The van der Waals surface area contributed by atoms with E-state index in [4.69, 9.17) is 9.56 Å². The number of fused-ring (bicyclic) bond motifs is 1. The fourth-order valence-electron chi connectivity index (χ4n) is 1.40. The van der Waals surface area contributed by atoms with Crippen LogP contribution in [0.5, 0.6) is 0 Å². The molecule has 0 amide bonds. The third kappa shape index (κ3) is 2.15. The average molecular weight is 255 g/mol. The fraction of sp³-hybridized carbons (Fsp3) is 0.100. The highest BCUT2D eigenvalue weighted by atomic mass is 32.2. The number of ether oxygens (including phenoxy) is 1. The van der Waals surface area contributed by atoms with Gasteiger partial charge in [-0.1, -0.05) is 0 Å². The molecule has 0 unspecified atom stereocenters. The molecule has 0 fully saturated rings. The molecule has 2 aromatic rings. The van der Waals surface area contributed by atoms with Crippen molar-refractivity contribution in [2.75, 3.05) is 7.11 Å². The number of furan rings is 1. The fourth-order valence-corrected chi connectivity index (χ4v) is 1.90. The summed E-state index contributed by atoms with van der Waals surface area (Å²) in [6.07, 6.45) is 0. The minimum atomic E-state index is -3.89. The summed E-state index contributed by atoms with van der Waals surface area (Å²) in [5.74, 6) is -0.509. The van der Waals surface area contributed by atoms with Crippen LogP contribution < -0.4 is 5.14 Å². The number of rotatable bonds is 2. The molecule has 1 aromatic heterocycles. The molecule has 2 N–H and O–H groups in total. The second kappa shape index (κ2) is 3.86. The lowest BCUT2D eigenvalue weighted by Crippen LogP contribution is -2.10. The predicted octanol–water partition coefficient (Wildman–Crippen LogP) is 0.867. The highest BCUT2D eigenvalue weighted by molar-refractivity contribution is 7.89. The van der Waals surface area contributed by atoms with Gasteiger partial charge in [0.25, 0.3) is 10.0 Å². The first-order valence-corrected chi connectivity index (χ1v) is 6.11. The molecule has 0 aliphatic rings. The molecule has 0 saturated carbocycles. The predicted molar refractivity (Wildman–Crippen MR) is 58.9 cm³/mol. The van der Waals surface area contributed by atoms with E-state index < -0.39 is 16.0 Å². The number of hydrogen-bond acceptors (Lipinski definition) is 5. The molecule has 6 nitrogen and oxygen atoms in total. The van der Waals surface area contributed by atoms with E-state index in [9.17, 15) is 13.2 Å². The van der Waals surface area contributed by atoms with E-state index in [-0.39, 0.29) is 5.09 Å². The number of carbonyl (C=O) groups is 1. The molecule has 0 aliphatic heterocycles. The van der Waals surface area contributed by atoms with Crippen molar-refractivity contribution in [2.24, 2.45) is 5.14 Å². The monoisotopic (exact) mass is 255 g/mol. The zero-order valence-electron chi connectivity index (χ0n) is 8.84. The van der Waals surface area contributed by atoms with Crippen molar-refractivity contribution in [3.63, 3.8) is 0 Å². The number of carbonyl (C=O) groups excluding carboxylic acids is 1. The molecule has 7 heteroatoms. The Labute approximate surface area is 97.0 Å². The Hall–Kier alpha value is -1.86. The summed E-state index contributed by atoms with van der Waals surface area (Å²) in [6.45, 7) is 0. The summed E-state index contributed by atoms with van der Waals surface area (Å²) < 4.78 is 31.7. The molecular formula is C10H9NO5S. The first-order chi connectivity index (χ1) is 7.91. The van der Waals surface area contributed by atoms with E-state index in [1.54, 1.807) is 0 Å². The van der Waals surface area contributed by atoms with E-state index in [0.29, 0.717) is 16.5 Å². The molecule has 1 heterocycles. The van der Waals surface area contributed by atoms with Crippen LogP contribution in [0.25, 0.3) is 11.0 Å². The maximum absolute atomic E-state index is 11.3. The normalized spacial score (nSPS) is 11.6. The van der Waals surface area contributed by atoms with Crippen LogP contribution >= 0.6 is 0 Å². The second-order valence-electron chi connectivity index (χ2n) is 3.35. The molecule has 1 aromatic carbocycles. The molecule has 0 spiro atoms. The Morgan fingerprint density at radius 3 is 2.65 bits per heavy atom. The van der Waals surface area contributed by atoms with Crippen LogP contribution in [0.15, 0.2) is 33.8 Å². The third-order valence-corrected chi connectivity index (χ3v) is 2.96. The SMILES string of the molecule is COC(=O)c1ccc2oc(S(N)(=O)=O)cc2c1. The minimum Gasteiger partial charge on any atom is -0.465 e. The maximum atomic E-state index is 11.3. The van der Waals surface area contributed by atoms with Crippen LogP contribution in [-0.4, -0.2) is 21.5 Å². The lowest BCUT2D eigenvalue weighted by atomic mass is 10.2. The van der Waals surface area contributed by atoms with Gasteiger partial charge in [-0.05, 0) is 18.2 Å². The standard InChI is InChI=1S/C10H9NO5S/c1-15-10(12)6-2-3-8-7(4-6)5-9(16-8)17(11,13)14/h2-5H,1H3,(H2,11,13,14). The van der Waals surface area contributed by atoms with E-state index in [1.165, 1.54) is 31.4 Å².